The predicted molar refractivity (Wildman–Crippen MR) is 133 cm³/mol. The van der Waals surface area contributed by atoms with Crippen molar-refractivity contribution in [2.45, 2.75) is 37.8 Å². The largest absolute Gasteiger partial charge is 0.423 e. The molecular weight excluding hydrogens is 565 g/mol. The number of ether oxygens (including phenoxy) is 1. The molecule has 41 heavy (non-hydrogen) atoms. The number of hydrogen-bond acceptors (Lipinski definition) is 7. The molecule has 0 saturated carbocycles. The lowest BCUT2D eigenvalue weighted by atomic mass is 10.1. The van der Waals surface area contributed by atoms with E-state index in [0.717, 1.165) is 12.3 Å². The number of alkyl halides is 6. The minimum absolute atomic E-state index is 0.0359. The zero-order valence-corrected chi connectivity index (χ0v) is 20.6. The number of nitrogens with zero attached hydrogens (tertiary/aromatic N) is 4. The van der Waals surface area contributed by atoms with Gasteiger partial charge >= 0.3 is 12.4 Å². The highest BCUT2D eigenvalue weighted by atomic mass is 19.4. The Bertz CT molecular complexity index is 1760. The molecule has 0 bridgehead atoms. The molecule has 4 rings (SSSR count). The molecule has 1 aromatic carbocycles. The lowest BCUT2D eigenvalue weighted by Gasteiger charge is -2.21. The summed E-state index contributed by atoms with van der Waals surface area (Å²) in [4.78, 5) is 32.0. The van der Waals surface area contributed by atoms with E-state index >= 15 is 0 Å². The molecule has 0 aliphatic rings. The third kappa shape index (κ3) is 6.70. The van der Waals surface area contributed by atoms with Crippen molar-refractivity contribution in [3.63, 3.8) is 0 Å². The van der Waals surface area contributed by atoms with Crippen molar-refractivity contribution in [2.75, 3.05) is 19.0 Å². The molecule has 4 aromatic rings. The first-order valence-electron chi connectivity index (χ1n) is 13.2. The van der Waals surface area contributed by atoms with Gasteiger partial charge in [0.05, 0.1) is 39.1 Å². The normalized spacial score (nSPS) is 14.4. The van der Waals surface area contributed by atoms with E-state index in [1.165, 1.54) is 22.9 Å². The van der Waals surface area contributed by atoms with Gasteiger partial charge in [0.1, 0.15) is 11.4 Å². The highest BCUT2D eigenvalue weighted by molar-refractivity contribution is 5.86. The summed E-state index contributed by atoms with van der Waals surface area (Å²) < 4.78 is 121. The second kappa shape index (κ2) is 11.6. The molecule has 0 spiro atoms. The Morgan fingerprint density at radius 2 is 1.83 bits per heavy atom. The zero-order valence-electron chi connectivity index (χ0n) is 23.6. The van der Waals surface area contributed by atoms with Crippen LogP contribution in [0, 0.1) is 5.82 Å². The number of benzene rings is 1. The second-order valence-electron chi connectivity index (χ2n) is 8.81. The van der Waals surface area contributed by atoms with E-state index in [0.29, 0.717) is 12.4 Å². The van der Waals surface area contributed by atoms with E-state index in [4.69, 9.17) is 8.85 Å². The van der Waals surface area contributed by atoms with Gasteiger partial charge in [-0.25, -0.2) is 19.5 Å². The van der Waals surface area contributed by atoms with Crippen molar-refractivity contribution < 1.29 is 39.6 Å². The van der Waals surface area contributed by atoms with Gasteiger partial charge in [-0.1, -0.05) is 0 Å². The summed E-state index contributed by atoms with van der Waals surface area (Å²) in [6, 6.07) is 2.46. The van der Waals surface area contributed by atoms with Crippen LogP contribution in [0.3, 0.4) is 0 Å². The number of nitrogens with one attached hydrogen (secondary N) is 2. The summed E-state index contributed by atoms with van der Waals surface area (Å²) in [5.74, 6) is -1.30. The molecule has 0 saturated heterocycles. The fourth-order valence-corrected chi connectivity index (χ4v) is 4.08. The number of aryl methyl sites for hydroxylation is 1. The molecule has 9 nitrogen and oxygen atoms in total. The molecule has 3 aromatic heterocycles. The molecule has 1 atom stereocenters. The lowest BCUT2D eigenvalue weighted by molar-refractivity contribution is -0.139. The van der Waals surface area contributed by atoms with Crippen molar-refractivity contribution in [3.8, 4) is 11.4 Å². The van der Waals surface area contributed by atoms with Gasteiger partial charge in [0, 0.05) is 38.2 Å². The van der Waals surface area contributed by atoms with E-state index in [9.17, 15) is 40.3 Å². The molecule has 0 aliphatic heterocycles. The summed E-state index contributed by atoms with van der Waals surface area (Å²) in [5, 5.41) is 7.65. The van der Waals surface area contributed by atoms with Crippen molar-refractivity contribution >= 4 is 16.5 Å². The molecular formula is C25H21F7N6O3. The molecule has 218 valence electrons. The maximum Gasteiger partial charge on any atom is 0.423 e. The molecule has 3 heterocycles. The number of aromatic nitrogens is 5. The molecule has 2 N–H and O–H groups in total. The molecule has 0 fully saturated rings. The number of fused-ring (bicyclic) bond motifs is 1. The first kappa shape index (κ1) is 25.6. The Morgan fingerprint density at radius 3 is 2.49 bits per heavy atom. The minimum Gasteiger partial charge on any atom is -0.383 e. The van der Waals surface area contributed by atoms with Crippen LogP contribution in [-0.4, -0.2) is 44.4 Å². The second-order valence-corrected chi connectivity index (χ2v) is 8.81. The van der Waals surface area contributed by atoms with Crippen molar-refractivity contribution in [1.29, 1.82) is 0 Å². The number of hydrogen-bond donors (Lipinski definition) is 2. The van der Waals surface area contributed by atoms with Crippen LogP contribution in [0.4, 0.5) is 36.4 Å². The Morgan fingerprint density at radius 1 is 1.10 bits per heavy atom. The van der Waals surface area contributed by atoms with Crippen molar-refractivity contribution in [3.05, 3.63) is 80.6 Å². The highest BCUT2D eigenvalue weighted by Crippen LogP contribution is 2.32. The quantitative estimate of drug-likeness (QED) is 0.274. The van der Waals surface area contributed by atoms with Crippen LogP contribution < -0.4 is 16.4 Å². The van der Waals surface area contributed by atoms with Gasteiger partial charge in [-0.3, -0.25) is 9.59 Å². The van der Waals surface area contributed by atoms with E-state index in [1.807, 2.05) is 0 Å². The summed E-state index contributed by atoms with van der Waals surface area (Å²) >= 11 is 0. The van der Waals surface area contributed by atoms with Gasteiger partial charge in [-0.2, -0.15) is 31.4 Å². The maximum absolute atomic E-state index is 14.9. The predicted octanol–water partition coefficient (Wildman–Crippen LogP) is 4.63. The van der Waals surface area contributed by atoms with Gasteiger partial charge < -0.3 is 14.6 Å². The molecule has 16 heteroatoms. The van der Waals surface area contributed by atoms with E-state index < -0.39 is 65.8 Å². The monoisotopic (exact) mass is 589 g/mol. The molecule has 0 amide bonds. The van der Waals surface area contributed by atoms with Crippen LogP contribution in [0.2, 0.25) is 0 Å². The van der Waals surface area contributed by atoms with Gasteiger partial charge in [0.15, 0.2) is 5.82 Å². The van der Waals surface area contributed by atoms with Crippen LogP contribution in [-0.2, 0) is 23.6 Å². The van der Waals surface area contributed by atoms with E-state index in [-0.39, 0.29) is 41.5 Å². The number of H-pyrrole nitrogens is 1. The van der Waals surface area contributed by atoms with Crippen molar-refractivity contribution in [1.82, 2.24) is 24.7 Å². The van der Waals surface area contributed by atoms with E-state index in [1.54, 1.807) is 5.10 Å². The summed E-state index contributed by atoms with van der Waals surface area (Å²) in [6.07, 6.45) is -6.61. The first-order chi connectivity index (χ1) is 20.4. The molecule has 0 unspecified atom stereocenters. The van der Waals surface area contributed by atoms with E-state index in [2.05, 4.69) is 20.4 Å². The fourth-order valence-electron chi connectivity index (χ4n) is 4.08. The van der Waals surface area contributed by atoms with Crippen molar-refractivity contribution in [2.24, 2.45) is 0 Å². The Hall–Kier alpha value is -4.34. The molecule has 0 radical (unpaired) electrons. The summed E-state index contributed by atoms with van der Waals surface area (Å²) in [7, 11) is -2.87. The number of halogens is 7. The van der Waals surface area contributed by atoms with Crippen LogP contribution in [0.5, 0.6) is 0 Å². The Kier molecular flexibility index (Phi) is 7.27. The highest BCUT2D eigenvalue weighted by Gasteiger charge is 2.37. The Balaban J connectivity index is 1.53. The smallest absolute Gasteiger partial charge is 0.383 e. The number of aromatic amines is 1. The zero-order chi connectivity index (χ0) is 32.4. The Labute approximate surface area is 230 Å². The SMILES string of the molecule is [2H]C([2H])([2H])OC[C@@H](CCCn1ccc2cc(-c3ncc(C(F)(F)F)cn3)c(F)cc2c1=O)Nc1cn[nH]c(=O)c1C(F)(F)F. The fraction of sp³-hybridized carbons (Fsp3) is 0.320. The van der Waals surface area contributed by atoms with Crippen LogP contribution >= 0.6 is 0 Å². The number of pyridine rings is 1. The average Bonchev–Trinajstić information content (AvgIpc) is 2.91. The third-order valence-electron chi connectivity index (χ3n) is 6.02. The standard InChI is InChI=1S/C25H21F7N6O3/c1-41-12-15(36-19-11-35-37-22(39)20(19)25(30,31)32)3-2-5-38-6-4-13-7-17(18(26)8-16(13)23(38)40)21-33-9-14(10-34-21)24(27,28)29/h4,6-11,15H,2-3,5,12H2,1H3,(H2,36,37,39)/t15-/m1/s1/i1D3. The van der Waals surface area contributed by atoms with Gasteiger partial charge in [-0.15, -0.1) is 0 Å². The minimum atomic E-state index is -5.06. The van der Waals surface area contributed by atoms with Crippen LogP contribution in [0.15, 0.2) is 52.6 Å². The first-order valence-corrected chi connectivity index (χ1v) is 11.7. The number of rotatable bonds is 9. The summed E-state index contributed by atoms with van der Waals surface area (Å²) in [5.41, 5.74) is -5.79. The maximum atomic E-state index is 14.9. The van der Waals surface area contributed by atoms with Crippen LogP contribution in [0.25, 0.3) is 22.2 Å². The van der Waals surface area contributed by atoms with Gasteiger partial charge in [0.25, 0.3) is 11.1 Å². The third-order valence-corrected chi connectivity index (χ3v) is 6.02. The average molecular weight is 589 g/mol. The van der Waals surface area contributed by atoms with Gasteiger partial charge in [-0.05, 0) is 36.4 Å². The number of methoxy groups -OCH3 is 1. The van der Waals surface area contributed by atoms with Gasteiger partial charge in [0.2, 0.25) is 0 Å². The summed E-state index contributed by atoms with van der Waals surface area (Å²) in [6.45, 7) is -0.626. The number of anilines is 1. The topological polar surface area (TPSA) is 115 Å². The lowest BCUT2D eigenvalue weighted by Crippen LogP contribution is -2.31. The van der Waals surface area contributed by atoms with Crippen LogP contribution in [0.1, 0.15) is 28.1 Å². The molecule has 0 aliphatic carbocycles.